The standard InChI is InChI=1S/C13H10F8N2O4/c1-2-27-11(25)12(26,13(19,20)21)3-4(24)22-23-10-8(17)6(15)5(14)7(16)9(10)18/h23,26H,2-3H2,1H3,(H,22,24)/t12-/m1/s1. The zero-order valence-electron chi connectivity index (χ0n) is 13.1. The van der Waals surface area contributed by atoms with E-state index in [1.165, 1.54) is 10.9 Å². The van der Waals surface area contributed by atoms with E-state index in [2.05, 4.69) is 4.74 Å². The summed E-state index contributed by atoms with van der Waals surface area (Å²) in [6.45, 7) is 0.529. The van der Waals surface area contributed by atoms with Gasteiger partial charge in [-0.15, -0.1) is 0 Å². The topological polar surface area (TPSA) is 87.7 Å². The predicted molar refractivity (Wildman–Crippen MR) is 70.3 cm³/mol. The van der Waals surface area contributed by atoms with Crippen molar-refractivity contribution < 1.29 is 54.6 Å². The number of hydrogen-bond donors (Lipinski definition) is 3. The third-order valence-corrected chi connectivity index (χ3v) is 3.04. The molecule has 1 amide bonds. The van der Waals surface area contributed by atoms with Gasteiger partial charge in [0.1, 0.15) is 5.69 Å². The van der Waals surface area contributed by atoms with Crippen molar-refractivity contribution in [3.05, 3.63) is 29.1 Å². The number of nitrogens with one attached hydrogen (secondary N) is 2. The molecule has 27 heavy (non-hydrogen) atoms. The number of ether oxygens (including phenoxy) is 1. The lowest BCUT2D eigenvalue weighted by Crippen LogP contribution is -2.55. The van der Waals surface area contributed by atoms with Crippen molar-refractivity contribution in [3.8, 4) is 0 Å². The fraction of sp³-hybridized carbons (Fsp3) is 0.385. The molecule has 14 heteroatoms. The molecule has 0 aliphatic carbocycles. The van der Waals surface area contributed by atoms with Crippen LogP contribution in [-0.2, 0) is 14.3 Å². The van der Waals surface area contributed by atoms with Gasteiger partial charge < -0.3 is 9.84 Å². The van der Waals surface area contributed by atoms with E-state index in [1.807, 2.05) is 0 Å². The van der Waals surface area contributed by atoms with Crippen LogP contribution in [-0.4, -0.2) is 35.4 Å². The molecule has 0 fully saturated rings. The number of rotatable bonds is 6. The summed E-state index contributed by atoms with van der Waals surface area (Å²) in [5, 5.41) is 9.44. The maximum atomic E-state index is 13.4. The van der Waals surface area contributed by atoms with E-state index in [-0.39, 0.29) is 0 Å². The number of anilines is 1. The Morgan fingerprint density at radius 3 is 1.81 bits per heavy atom. The fourth-order valence-electron chi connectivity index (χ4n) is 1.66. The quantitative estimate of drug-likeness (QED) is 0.220. The van der Waals surface area contributed by atoms with E-state index in [1.54, 1.807) is 0 Å². The summed E-state index contributed by atoms with van der Waals surface area (Å²) in [4.78, 5) is 22.8. The van der Waals surface area contributed by atoms with Crippen molar-refractivity contribution in [1.29, 1.82) is 0 Å². The van der Waals surface area contributed by atoms with Crippen LogP contribution in [0.1, 0.15) is 13.3 Å². The third-order valence-electron chi connectivity index (χ3n) is 3.04. The normalized spacial score (nSPS) is 13.7. The first-order valence-electron chi connectivity index (χ1n) is 6.80. The monoisotopic (exact) mass is 410 g/mol. The lowest BCUT2D eigenvalue weighted by Gasteiger charge is -2.27. The molecule has 0 radical (unpaired) electrons. The number of carbonyl (C=O) groups excluding carboxylic acids is 2. The number of amides is 1. The smallest absolute Gasteiger partial charge is 0.428 e. The van der Waals surface area contributed by atoms with Crippen LogP contribution in [0.4, 0.5) is 40.8 Å². The van der Waals surface area contributed by atoms with Gasteiger partial charge in [0.2, 0.25) is 11.7 Å². The summed E-state index contributed by atoms with van der Waals surface area (Å²) in [5.74, 6) is -16.2. The molecule has 0 aromatic heterocycles. The molecule has 1 aromatic carbocycles. The van der Waals surface area contributed by atoms with Gasteiger partial charge in [0.25, 0.3) is 5.60 Å². The maximum absolute atomic E-state index is 13.4. The van der Waals surface area contributed by atoms with Crippen LogP contribution in [0, 0.1) is 29.1 Å². The molecule has 0 saturated heterocycles. The molecule has 0 spiro atoms. The van der Waals surface area contributed by atoms with Gasteiger partial charge in [-0.3, -0.25) is 15.6 Å². The number of halogens is 8. The number of alkyl halides is 3. The van der Waals surface area contributed by atoms with E-state index in [9.17, 15) is 49.8 Å². The van der Waals surface area contributed by atoms with Crippen LogP contribution in [0.3, 0.4) is 0 Å². The van der Waals surface area contributed by atoms with E-state index < -0.39 is 71.5 Å². The van der Waals surface area contributed by atoms with Crippen molar-refractivity contribution in [2.24, 2.45) is 0 Å². The highest BCUT2D eigenvalue weighted by Gasteiger charge is 2.61. The predicted octanol–water partition coefficient (Wildman–Crippen LogP) is 2.07. The molecule has 0 aliphatic heterocycles. The maximum Gasteiger partial charge on any atom is 0.428 e. The molecule has 0 saturated carbocycles. The Morgan fingerprint density at radius 1 is 0.963 bits per heavy atom. The lowest BCUT2D eigenvalue weighted by molar-refractivity contribution is -0.263. The van der Waals surface area contributed by atoms with Gasteiger partial charge in [-0.05, 0) is 6.92 Å². The highest BCUT2D eigenvalue weighted by Crippen LogP contribution is 2.34. The van der Waals surface area contributed by atoms with Gasteiger partial charge in [0, 0.05) is 0 Å². The molecule has 1 atom stereocenters. The number of hydrogen-bond acceptors (Lipinski definition) is 5. The fourth-order valence-corrected chi connectivity index (χ4v) is 1.66. The zero-order valence-corrected chi connectivity index (χ0v) is 13.1. The summed E-state index contributed by atoms with van der Waals surface area (Å²) in [5.41, 5.74) is -3.69. The van der Waals surface area contributed by atoms with Crippen molar-refractivity contribution in [2.75, 3.05) is 12.0 Å². The first-order chi connectivity index (χ1) is 12.3. The molecule has 1 aromatic rings. The van der Waals surface area contributed by atoms with Crippen LogP contribution in [0.2, 0.25) is 0 Å². The van der Waals surface area contributed by atoms with Crippen LogP contribution < -0.4 is 10.9 Å². The number of hydrazine groups is 1. The minimum Gasteiger partial charge on any atom is -0.464 e. The Labute approximate surface area is 145 Å². The largest absolute Gasteiger partial charge is 0.464 e. The van der Waals surface area contributed by atoms with E-state index >= 15 is 0 Å². The van der Waals surface area contributed by atoms with Crippen LogP contribution in [0.25, 0.3) is 0 Å². The molecule has 0 bridgehead atoms. The summed E-state index contributed by atoms with van der Waals surface area (Å²) in [6.07, 6.45) is -7.71. The summed E-state index contributed by atoms with van der Waals surface area (Å²) < 4.78 is 108. The number of esters is 1. The van der Waals surface area contributed by atoms with E-state index in [0.717, 1.165) is 6.92 Å². The van der Waals surface area contributed by atoms with Crippen molar-refractivity contribution in [3.63, 3.8) is 0 Å². The molecular weight excluding hydrogens is 400 g/mol. The second-order valence-corrected chi connectivity index (χ2v) is 4.87. The van der Waals surface area contributed by atoms with E-state index in [0.29, 0.717) is 0 Å². The van der Waals surface area contributed by atoms with Gasteiger partial charge >= 0.3 is 12.1 Å². The Bertz CT molecular complexity index is 726. The van der Waals surface area contributed by atoms with Gasteiger partial charge in [-0.25, -0.2) is 26.7 Å². The molecule has 0 heterocycles. The summed E-state index contributed by atoms with van der Waals surface area (Å²) in [7, 11) is 0. The highest BCUT2D eigenvalue weighted by atomic mass is 19.4. The van der Waals surface area contributed by atoms with Crippen molar-refractivity contribution >= 4 is 17.6 Å². The van der Waals surface area contributed by atoms with Crippen LogP contribution >= 0.6 is 0 Å². The minimum atomic E-state index is -5.68. The molecule has 3 N–H and O–H groups in total. The Morgan fingerprint density at radius 2 is 1.41 bits per heavy atom. The van der Waals surface area contributed by atoms with Gasteiger partial charge in [0.15, 0.2) is 23.3 Å². The van der Waals surface area contributed by atoms with Gasteiger partial charge in [-0.1, -0.05) is 0 Å². The summed E-state index contributed by atoms with van der Waals surface area (Å²) in [6, 6.07) is 0. The van der Waals surface area contributed by atoms with Crippen LogP contribution in [0.5, 0.6) is 0 Å². The zero-order chi connectivity index (χ0) is 21.2. The lowest BCUT2D eigenvalue weighted by atomic mass is 9.99. The van der Waals surface area contributed by atoms with Crippen LogP contribution in [0.15, 0.2) is 0 Å². The molecule has 6 nitrogen and oxygen atoms in total. The molecule has 152 valence electrons. The Kier molecular flexibility index (Phi) is 6.59. The summed E-state index contributed by atoms with van der Waals surface area (Å²) >= 11 is 0. The van der Waals surface area contributed by atoms with Gasteiger partial charge in [-0.2, -0.15) is 13.2 Å². The molecular formula is C13H10F8N2O4. The Balaban J connectivity index is 3.02. The highest BCUT2D eigenvalue weighted by molar-refractivity contribution is 5.89. The Hall–Kier alpha value is -2.64. The van der Waals surface area contributed by atoms with Crippen molar-refractivity contribution in [2.45, 2.75) is 25.1 Å². The second kappa shape index (κ2) is 7.94. The van der Waals surface area contributed by atoms with Gasteiger partial charge in [0.05, 0.1) is 13.0 Å². The van der Waals surface area contributed by atoms with E-state index in [4.69, 9.17) is 0 Å². The number of aliphatic hydroxyl groups is 1. The first-order valence-corrected chi connectivity index (χ1v) is 6.80. The average molecular weight is 410 g/mol. The molecule has 0 unspecified atom stereocenters. The average Bonchev–Trinajstić information content (AvgIpc) is 2.57. The first kappa shape index (κ1) is 22.4. The van der Waals surface area contributed by atoms with Crippen molar-refractivity contribution in [1.82, 2.24) is 5.43 Å². The number of carbonyl (C=O) groups is 2. The SMILES string of the molecule is CCOC(=O)[C@](O)(CC(=O)NNc1c(F)c(F)c(F)c(F)c1F)C(F)(F)F. The molecule has 1 rings (SSSR count). The minimum absolute atomic E-state index is 0.582. The molecule has 0 aliphatic rings. The third kappa shape index (κ3) is 4.37. The number of benzene rings is 1. The second-order valence-electron chi connectivity index (χ2n) is 4.87.